The zero-order valence-electron chi connectivity index (χ0n) is 16.1. The predicted molar refractivity (Wildman–Crippen MR) is 95.3 cm³/mol. The fourth-order valence-corrected chi connectivity index (χ4v) is 14.5. The summed E-state index contributed by atoms with van der Waals surface area (Å²) in [4.78, 5) is 0. The molecule has 1 aliphatic rings. The van der Waals surface area contributed by atoms with E-state index in [0.29, 0.717) is 5.92 Å². The molecule has 0 aromatic rings. The molecule has 0 fully saturated rings. The van der Waals surface area contributed by atoms with Crippen molar-refractivity contribution in [3.05, 3.63) is 24.3 Å². The van der Waals surface area contributed by atoms with Crippen LogP contribution in [0, 0.1) is 5.92 Å². The van der Waals surface area contributed by atoms with Crippen LogP contribution in [0.1, 0.15) is 41.0 Å². The summed E-state index contributed by atoms with van der Waals surface area (Å²) in [5, 5.41) is 0. The average Bonchev–Trinajstić information content (AvgIpc) is 2.95. The van der Waals surface area contributed by atoms with Crippen LogP contribution in [0.3, 0.4) is 0 Å². The topological polar surface area (TPSA) is 9.72 Å². The Kier molecular flexibility index (Phi) is 7.55. The van der Waals surface area contributed by atoms with E-state index in [-0.39, 0.29) is 3.72 Å². The minimum atomic E-state index is -2.73. The summed E-state index contributed by atoms with van der Waals surface area (Å²) in [6.45, 7) is 15.0. The van der Waals surface area contributed by atoms with Crippen molar-refractivity contribution >= 4 is 0 Å². The first-order valence-electron chi connectivity index (χ1n) is 8.83. The Morgan fingerprint density at radius 2 is 1.18 bits per heavy atom. The summed E-state index contributed by atoms with van der Waals surface area (Å²) < 4.78 is 8.31. The molecule has 0 bridgehead atoms. The average molecular weight is 343 g/mol. The van der Waals surface area contributed by atoms with E-state index in [4.69, 9.17) is 0 Å². The molecule has 0 aliphatic heterocycles. The van der Waals surface area contributed by atoms with E-state index < -0.39 is 17.4 Å². The van der Waals surface area contributed by atoms with Crippen molar-refractivity contribution in [2.24, 2.45) is 5.92 Å². The van der Waals surface area contributed by atoms with Gasteiger partial charge in [0.1, 0.15) is 0 Å². The van der Waals surface area contributed by atoms with Gasteiger partial charge in [-0.05, 0) is 0 Å². The van der Waals surface area contributed by atoms with Gasteiger partial charge in [0.25, 0.3) is 0 Å². The van der Waals surface area contributed by atoms with E-state index in [9.17, 15) is 0 Å². The molecule has 0 radical (unpaired) electrons. The Hall–Kier alpha value is 0.0743. The summed E-state index contributed by atoms with van der Waals surface area (Å²) >= 11 is -2.73. The Morgan fingerprint density at radius 1 is 0.818 bits per heavy atom. The van der Waals surface area contributed by atoms with Gasteiger partial charge in [-0.1, -0.05) is 0 Å². The van der Waals surface area contributed by atoms with Gasteiger partial charge < -0.3 is 0 Å². The van der Waals surface area contributed by atoms with Crippen molar-refractivity contribution in [3.8, 4) is 0 Å². The summed E-state index contributed by atoms with van der Waals surface area (Å²) in [7, 11) is 7.04. The first-order valence-corrected chi connectivity index (χ1v) is 11.7. The van der Waals surface area contributed by atoms with Crippen molar-refractivity contribution in [1.82, 2.24) is 10.1 Å². The van der Waals surface area contributed by atoms with Gasteiger partial charge in [-0.25, -0.2) is 0 Å². The van der Waals surface area contributed by atoms with E-state index >= 15 is 0 Å². The zero-order chi connectivity index (χ0) is 17.0. The van der Waals surface area contributed by atoms with Gasteiger partial charge in [0.05, 0.1) is 0 Å². The SMILES string of the molecule is CC[N](C)[Ti]([N](C)CC)([N](C)CC)[C]1(CC(C)C)C=CC=C1. The molecule has 0 saturated heterocycles. The molecule has 0 heterocycles. The van der Waals surface area contributed by atoms with Crippen molar-refractivity contribution in [2.75, 3.05) is 40.8 Å². The van der Waals surface area contributed by atoms with E-state index in [1.54, 1.807) is 0 Å². The quantitative estimate of drug-likeness (QED) is 0.584. The third-order valence-corrected chi connectivity index (χ3v) is 14.5. The van der Waals surface area contributed by atoms with E-state index in [2.05, 4.69) is 90.2 Å². The predicted octanol–water partition coefficient (Wildman–Crippen LogP) is 4.07. The van der Waals surface area contributed by atoms with Crippen LogP contribution < -0.4 is 0 Å². The maximum atomic E-state index is 2.70. The molecule has 0 saturated carbocycles. The van der Waals surface area contributed by atoms with Gasteiger partial charge >= 0.3 is 143 Å². The third-order valence-electron chi connectivity index (χ3n) is 5.29. The first kappa shape index (κ1) is 20.1. The minimum absolute atomic E-state index is 0.203. The van der Waals surface area contributed by atoms with Crippen molar-refractivity contribution < 1.29 is 17.4 Å². The Bertz CT molecular complexity index is 365. The second-order valence-corrected chi connectivity index (χ2v) is 14.0. The molecular weight excluding hydrogens is 306 g/mol. The molecule has 128 valence electrons. The van der Waals surface area contributed by atoms with Crippen molar-refractivity contribution in [2.45, 2.75) is 44.8 Å². The van der Waals surface area contributed by atoms with Crippen LogP contribution in [0.15, 0.2) is 24.3 Å². The molecule has 0 spiro atoms. The fraction of sp³-hybridized carbons (Fsp3) is 0.778. The van der Waals surface area contributed by atoms with Gasteiger partial charge in [0.15, 0.2) is 0 Å². The van der Waals surface area contributed by atoms with Gasteiger partial charge in [-0.2, -0.15) is 0 Å². The zero-order valence-corrected chi connectivity index (χ0v) is 17.6. The van der Waals surface area contributed by atoms with E-state index in [1.165, 1.54) is 6.42 Å². The molecule has 0 unspecified atom stereocenters. The number of rotatable bonds is 9. The Balaban J connectivity index is 3.57. The summed E-state index contributed by atoms with van der Waals surface area (Å²) in [5.41, 5.74) is 0. The molecule has 0 aromatic heterocycles. The maximum absolute atomic E-state index is 2.73. The number of hydrogen-bond donors (Lipinski definition) is 0. The normalized spacial score (nSPS) is 17.6. The summed E-state index contributed by atoms with van der Waals surface area (Å²) in [5.74, 6) is 0.693. The molecule has 4 heteroatoms. The fourth-order valence-electron chi connectivity index (χ4n) is 4.28. The van der Waals surface area contributed by atoms with Crippen molar-refractivity contribution in [3.63, 3.8) is 0 Å². The molecular formula is C18H37N3Ti. The van der Waals surface area contributed by atoms with Crippen LogP contribution >= 0.6 is 0 Å². The molecule has 22 heavy (non-hydrogen) atoms. The standard InChI is InChI=1S/C9H13.3C3H8N.Ti/c1-8(2)7-9-5-3-4-6-9;3*1-3-4-2;/h3-6,8H,7H2,1-2H3;3*3H2,1-2H3;/q;3*-1;+3. The molecule has 1 aliphatic carbocycles. The van der Waals surface area contributed by atoms with Gasteiger partial charge in [0.2, 0.25) is 0 Å². The Morgan fingerprint density at radius 3 is 1.45 bits per heavy atom. The monoisotopic (exact) mass is 343 g/mol. The van der Waals surface area contributed by atoms with E-state index in [0.717, 1.165) is 19.6 Å². The number of allylic oxidation sites excluding steroid dienone is 4. The molecule has 0 atom stereocenters. The van der Waals surface area contributed by atoms with Gasteiger partial charge in [-0.15, -0.1) is 0 Å². The van der Waals surface area contributed by atoms with Crippen LogP contribution in [0.2, 0.25) is 3.72 Å². The van der Waals surface area contributed by atoms with Crippen LogP contribution in [-0.4, -0.2) is 50.9 Å². The second-order valence-electron chi connectivity index (χ2n) is 7.03. The number of hydrogen-bond acceptors (Lipinski definition) is 3. The second kappa shape index (κ2) is 8.26. The molecule has 0 N–H and O–H groups in total. The number of nitrogens with zero attached hydrogens (tertiary/aromatic N) is 3. The Labute approximate surface area is 143 Å². The van der Waals surface area contributed by atoms with E-state index in [1.807, 2.05) is 0 Å². The van der Waals surface area contributed by atoms with Gasteiger partial charge in [0, 0.05) is 0 Å². The van der Waals surface area contributed by atoms with Crippen LogP contribution in [0.25, 0.3) is 0 Å². The summed E-state index contributed by atoms with van der Waals surface area (Å²) in [6.07, 6.45) is 10.8. The van der Waals surface area contributed by atoms with Crippen LogP contribution in [0.5, 0.6) is 0 Å². The van der Waals surface area contributed by atoms with Gasteiger partial charge in [-0.3, -0.25) is 0 Å². The summed E-state index contributed by atoms with van der Waals surface area (Å²) in [6, 6.07) is 0. The van der Waals surface area contributed by atoms with Crippen LogP contribution in [-0.2, 0) is 17.4 Å². The van der Waals surface area contributed by atoms with Crippen LogP contribution in [0.4, 0.5) is 0 Å². The molecule has 3 nitrogen and oxygen atoms in total. The molecule has 0 amide bonds. The first-order chi connectivity index (χ1) is 10.3. The molecule has 1 rings (SSSR count). The molecule has 0 aromatic carbocycles. The van der Waals surface area contributed by atoms with Crippen molar-refractivity contribution in [1.29, 1.82) is 0 Å². The third kappa shape index (κ3) is 3.30.